The molecule has 0 heterocycles. The minimum Gasteiger partial charge on any atom is -0.398 e. The summed E-state index contributed by atoms with van der Waals surface area (Å²) in [6, 6.07) is 10.5. The van der Waals surface area contributed by atoms with Crippen molar-refractivity contribution in [3.63, 3.8) is 0 Å². The second-order valence-corrected chi connectivity index (χ2v) is 4.02. The van der Waals surface area contributed by atoms with Crippen LogP contribution in [0.2, 0.25) is 0 Å². The maximum Gasteiger partial charge on any atom is 0.123 e. The van der Waals surface area contributed by atoms with E-state index in [2.05, 4.69) is 0 Å². The monoisotopic (exact) mass is 215 g/mol. The van der Waals surface area contributed by atoms with Gasteiger partial charge in [-0.3, -0.25) is 0 Å². The Morgan fingerprint density at radius 1 is 1.00 bits per heavy atom. The number of hydrogen-bond donors (Lipinski definition) is 1. The van der Waals surface area contributed by atoms with Crippen LogP contribution < -0.4 is 5.73 Å². The van der Waals surface area contributed by atoms with Crippen LogP contribution >= 0.6 is 0 Å². The van der Waals surface area contributed by atoms with Crippen molar-refractivity contribution < 1.29 is 4.39 Å². The molecule has 2 aromatic rings. The predicted octanol–water partition coefficient (Wildman–Crippen LogP) is 3.69. The normalized spacial score (nSPS) is 10.4. The zero-order valence-corrected chi connectivity index (χ0v) is 9.42. The van der Waals surface area contributed by atoms with Gasteiger partial charge in [0.05, 0.1) is 0 Å². The van der Waals surface area contributed by atoms with E-state index in [1.807, 2.05) is 32.0 Å². The number of anilines is 1. The first-order valence-electron chi connectivity index (χ1n) is 5.20. The van der Waals surface area contributed by atoms with Crippen LogP contribution in [0.3, 0.4) is 0 Å². The highest BCUT2D eigenvalue weighted by atomic mass is 19.1. The number of rotatable bonds is 1. The molecule has 0 amide bonds. The van der Waals surface area contributed by atoms with E-state index in [4.69, 9.17) is 5.73 Å². The fraction of sp³-hybridized carbons (Fsp3) is 0.143. The second-order valence-electron chi connectivity index (χ2n) is 4.02. The number of aryl methyl sites for hydroxylation is 1. The van der Waals surface area contributed by atoms with Crippen LogP contribution in [0.4, 0.5) is 10.1 Å². The van der Waals surface area contributed by atoms with Crippen LogP contribution in [0.15, 0.2) is 36.4 Å². The van der Waals surface area contributed by atoms with Crippen molar-refractivity contribution in [2.45, 2.75) is 13.8 Å². The first-order chi connectivity index (χ1) is 7.58. The summed E-state index contributed by atoms with van der Waals surface area (Å²) in [4.78, 5) is 0. The molecule has 0 radical (unpaired) electrons. The van der Waals surface area contributed by atoms with Crippen LogP contribution in [-0.2, 0) is 0 Å². The highest BCUT2D eigenvalue weighted by molar-refractivity contribution is 5.70. The standard InChI is InChI=1S/C14H14FN/c1-9-6-12(8-14(16)10(9)2)11-4-3-5-13(15)7-11/h3-8H,16H2,1-2H3. The van der Waals surface area contributed by atoms with Crippen molar-refractivity contribution in [2.75, 3.05) is 5.73 Å². The van der Waals surface area contributed by atoms with Crippen LogP contribution in [0.1, 0.15) is 11.1 Å². The van der Waals surface area contributed by atoms with E-state index in [1.54, 1.807) is 6.07 Å². The van der Waals surface area contributed by atoms with Gasteiger partial charge in [-0.2, -0.15) is 0 Å². The summed E-state index contributed by atoms with van der Waals surface area (Å²) in [5.74, 6) is -0.228. The topological polar surface area (TPSA) is 26.0 Å². The van der Waals surface area contributed by atoms with Crippen molar-refractivity contribution in [1.82, 2.24) is 0 Å². The molecule has 0 spiro atoms. The summed E-state index contributed by atoms with van der Waals surface area (Å²) < 4.78 is 13.1. The van der Waals surface area contributed by atoms with Crippen molar-refractivity contribution in [1.29, 1.82) is 0 Å². The SMILES string of the molecule is Cc1cc(-c2cccc(F)c2)cc(N)c1C. The highest BCUT2D eigenvalue weighted by Crippen LogP contribution is 2.26. The quantitative estimate of drug-likeness (QED) is 0.721. The smallest absolute Gasteiger partial charge is 0.123 e. The maximum atomic E-state index is 13.1. The van der Waals surface area contributed by atoms with Crippen LogP contribution in [-0.4, -0.2) is 0 Å². The minimum absolute atomic E-state index is 0.228. The van der Waals surface area contributed by atoms with Crippen molar-refractivity contribution in [3.05, 3.63) is 53.3 Å². The Bertz CT molecular complexity index is 509. The van der Waals surface area contributed by atoms with Crippen molar-refractivity contribution >= 4 is 5.69 Å². The minimum atomic E-state index is -0.228. The molecule has 0 aliphatic carbocycles. The second kappa shape index (κ2) is 3.97. The van der Waals surface area contributed by atoms with Crippen LogP contribution in [0.5, 0.6) is 0 Å². The molecule has 0 fully saturated rings. The molecular formula is C14H14FN. The molecule has 0 aromatic heterocycles. The summed E-state index contributed by atoms with van der Waals surface area (Å²) in [6.45, 7) is 3.99. The van der Waals surface area contributed by atoms with Gasteiger partial charge in [-0.05, 0) is 54.3 Å². The lowest BCUT2D eigenvalue weighted by atomic mass is 9.99. The van der Waals surface area contributed by atoms with Crippen LogP contribution in [0.25, 0.3) is 11.1 Å². The average molecular weight is 215 g/mol. The Morgan fingerprint density at radius 3 is 2.38 bits per heavy atom. The van der Waals surface area contributed by atoms with E-state index in [0.717, 1.165) is 27.9 Å². The molecule has 82 valence electrons. The molecule has 2 aromatic carbocycles. The molecule has 0 saturated heterocycles. The molecule has 0 aliphatic rings. The Kier molecular flexibility index (Phi) is 2.65. The third kappa shape index (κ3) is 1.91. The average Bonchev–Trinajstić information content (AvgIpc) is 2.25. The van der Waals surface area contributed by atoms with E-state index in [-0.39, 0.29) is 5.82 Å². The predicted molar refractivity (Wildman–Crippen MR) is 65.7 cm³/mol. The molecule has 0 saturated carbocycles. The maximum absolute atomic E-state index is 13.1. The summed E-state index contributed by atoms with van der Waals surface area (Å²) in [6.07, 6.45) is 0. The van der Waals surface area contributed by atoms with Gasteiger partial charge in [0.2, 0.25) is 0 Å². The largest absolute Gasteiger partial charge is 0.398 e. The molecule has 2 N–H and O–H groups in total. The summed E-state index contributed by atoms with van der Waals surface area (Å²) in [7, 11) is 0. The zero-order chi connectivity index (χ0) is 11.7. The molecule has 1 nitrogen and oxygen atoms in total. The molecule has 0 bridgehead atoms. The summed E-state index contributed by atoms with van der Waals surface area (Å²) >= 11 is 0. The molecule has 0 aliphatic heterocycles. The van der Waals surface area contributed by atoms with E-state index >= 15 is 0 Å². The van der Waals surface area contributed by atoms with Gasteiger partial charge in [0.25, 0.3) is 0 Å². The van der Waals surface area contributed by atoms with Gasteiger partial charge in [0.1, 0.15) is 5.82 Å². The van der Waals surface area contributed by atoms with Gasteiger partial charge in [-0.15, -0.1) is 0 Å². The summed E-state index contributed by atoms with van der Waals surface area (Å²) in [5, 5.41) is 0. The highest BCUT2D eigenvalue weighted by Gasteiger charge is 2.04. The van der Waals surface area contributed by atoms with Crippen molar-refractivity contribution in [3.8, 4) is 11.1 Å². The van der Waals surface area contributed by atoms with E-state index in [0.29, 0.717) is 0 Å². The molecular weight excluding hydrogens is 201 g/mol. The summed E-state index contributed by atoms with van der Waals surface area (Å²) in [5.41, 5.74) is 10.7. The number of nitrogen functional groups attached to an aromatic ring is 1. The zero-order valence-electron chi connectivity index (χ0n) is 9.42. The van der Waals surface area contributed by atoms with Gasteiger partial charge in [0, 0.05) is 5.69 Å². The van der Waals surface area contributed by atoms with Crippen molar-refractivity contribution in [2.24, 2.45) is 0 Å². The van der Waals surface area contributed by atoms with Gasteiger partial charge < -0.3 is 5.73 Å². The van der Waals surface area contributed by atoms with E-state index in [1.165, 1.54) is 12.1 Å². The van der Waals surface area contributed by atoms with Crippen LogP contribution in [0, 0.1) is 19.7 Å². The van der Waals surface area contributed by atoms with E-state index < -0.39 is 0 Å². The molecule has 2 rings (SSSR count). The van der Waals surface area contributed by atoms with Gasteiger partial charge >= 0.3 is 0 Å². The molecule has 0 unspecified atom stereocenters. The Labute approximate surface area is 94.7 Å². The lowest BCUT2D eigenvalue weighted by Gasteiger charge is -2.09. The first-order valence-corrected chi connectivity index (χ1v) is 5.20. The number of hydrogen-bond acceptors (Lipinski definition) is 1. The Morgan fingerprint density at radius 2 is 1.75 bits per heavy atom. The lowest BCUT2D eigenvalue weighted by Crippen LogP contribution is -1.93. The number of benzene rings is 2. The number of halogens is 1. The Hall–Kier alpha value is -1.83. The van der Waals surface area contributed by atoms with Gasteiger partial charge in [0.15, 0.2) is 0 Å². The Balaban J connectivity index is 2.57. The third-order valence-electron chi connectivity index (χ3n) is 2.87. The molecule has 16 heavy (non-hydrogen) atoms. The van der Waals surface area contributed by atoms with E-state index in [9.17, 15) is 4.39 Å². The number of nitrogens with two attached hydrogens (primary N) is 1. The first kappa shape index (κ1) is 10.7. The fourth-order valence-corrected chi connectivity index (χ4v) is 1.72. The molecule has 2 heteroatoms. The van der Waals surface area contributed by atoms with Gasteiger partial charge in [-0.1, -0.05) is 18.2 Å². The fourth-order valence-electron chi connectivity index (χ4n) is 1.72. The lowest BCUT2D eigenvalue weighted by molar-refractivity contribution is 0.628. The molecule has 0 atom stereocenters. The third-order valence-corrected chi connectivity index (χ3v) is 2.87. The van der Waals surface area contributed by atoms with Gasteiger partial charge in [-0.25, -0.2) is 4.39 Å².